The fourth-order valence-electron chi connectivity index (χ4n) is 4.29. The lowest BCUT2D eigenvalue weighted by Crippen LogP contribution is -2.62. The van der Waals surface area contributed by atoms with Crippen LogP contribution < -0.4 is 10.6 Å². The van der Waals surface area contributed by atoms with Crippen LogP contribution in [0.1, 0.15) is 30.3 Å². The van der Waals surface area contributed by atoms with Crippen LogP contribution in [0.5, 0.6) is 0 Å². The number of benzene rings is 1. The summed E-state index contributed by atoms with van der Waals surface area (Å²) < 4.78 is 5.87. The van der Waals surface area contributed by atoms with Crippen LogP contribution in [0.2, 0.25) is 0 Å². The number of nitrogens with one attached hydrogen (secondary N) is 2. The summed E-state index contributed by atoms with van der Waals surface area (Å²) in [4.78, 5) is 15.2. The molecule has 3 fully saturated rings. The fourth-order valence-corrected chi connectivity index (χ4v) is 4.29. The van der Waals surface area contributed by atoms with Gasteiger partial charge in [0.25, 0.3) is 5.91 Å². The van der Waals surface area contributed by atoms with Gasteiger partial charge in [-0.1, -0.05) is 12.1 Å². The van der Waals surface area contributed by atoms with Crippen LogP contribution in [0.15, 0.2) is 40.8 Å². The molecule has 5 rings (SSSR count). The third kappa shape index (κ3) is 2.93. The number of para-hydroxylation sites is 1. The number of carbonyl (C=O) groups excluding carboxylic acids is 1. The molecule has 2 aromatic rings. The van der Waals surface area contributed by atoms with Gasteiger partial charge in [-0.15, -0.1) is 0 Å². The van der Waals surface area contributed by atoms with Gasteiger partial charge in [0.05, 0.1) is 0 Å². The number of rotatable bonds is 4. The van der Waals surface area contributed by atoms with Crippen molar-refractivity contribution in [1.29, 1.82) is 0 Å². The van der Waals surface area contributed by atoms with Crippen LogP contribution in [0.4, 0.5) is 5.69 Å². The van der Waals surface area contributed by atoms with Gasteiger partial charge < -0.3 is 15.1 Å². The van der Waals surface area contributed by atoms with Crippen LogP contribution >= 0.6 is 0 Å². The molecule has 5 heteroatoms. The van der Waals surface area contributed by atoms with Crippen LogP contribution in [0.25, 0.3) is 11.3 Å². The number of hydrogen-bond acceptors (Lipinski definition) is 4. The van der Waals surface area contributed by atoms with Gasteiger partial charge in [0, 0.05) is 30.4 Å². The summed E-state index contributed by atoms with van der Waals surface area (Å²) in [5, 5.41) is 6.38. The zero-order valence-electron chi connectivity index (χ0n) is 14.8. The Kier molecular flexibility index (Phi) is 4.25. The first-order valence-electron chi connectivity index (χ1n) is 9.09. The van der Waals surface area contributed by atoms with Crippen molar-refractivity contribution >= 4 is 11.6 Å². The quantitative estimate of drug-likeness (QED) is 0.898. The third-order valence-corrected chi connectivity index (χ3v) is 5.77. The molecule has 1 aromatic heterocycles. The second kappa shape index (κ2) is 6.56. The standard InChI is InChI=1S/C20H25N3O2/c1-13-19(14-9-11-23(13)12-10-14)22-20(24)18-8-7-17(25-18)15-5-3-4-6-16(15)21-2/h3-8,13-14,19,21H,9-12H2,1-2H3,(H,22,24)/t13-,19+/m1/s1. The van der Waals surface area contributed by atoms with Crippen molar-refractivity contribution in [2.45, 2.75) is 31.8 Å². The first-order valence-corrected chi connectivity index (χ1v) is 9.09. The van der Waals surface area contributed by atoms with Crippen LogP contribution in [0, 0.1) is 5.92 Å². The second-order valence-corrected chi connectivity index (χ2v) is 7.07. The molecule has 1 aromatic carbocycles. The highest BCUT2D eigenvalue weighted by Crippen LogP contribution is 2.33. The molecule has 2 bridgehead atoms. The molecule has 0 unspecified atom stereocenters. The summed E-state index contributed by atoms with van der Waals surface area (Å²) in [5.74, 6) is 1.56. The lowest BCUT2D eigenvalue weighted by atomic mass is 9.79. The van der Waals surface area contributed by atoms with E-state index in [0.29, 0.717) is 23.5 Å². The highest BCUT2D eigenvalue weighted by atomic mass is 16.3. The topological polar surface area (TPSA) is 57.5 Å². The average molecular weight is 339 g/mol. The molecule has 0 saturated carbocycles. The smallest absolute Gasteiger partial charge is 0.287 e. The highest BCUT2D eigenvalue weighted by molar-refractivity contribution is 5.92. The zero-order chi connectivity index (χ0) is 17.4. The number of nitrogens with zero attached hydrogens (tertiary/aromatic N) is 1. The summed E-state index contributed by atoms with van der Waals surface area (Å²) in [5.41, 5.74) is 1.94. The van der Waals surface area contributed by atoms with E-state index >= 15 is 0 Å². The van der Waals surface area contributed by atoms with Crippen molar-refractivity contribution in [3.8, 4) is 11.3 Å². The summed E-state index contributed by atoms with van der Waals surface area (Å²) in [6.07, 6.45) is 2.35. The molecule has 4 heterocycles. The number of furan rings is 1. The predicted octanol–water partition coefficient (Wildman–Crippen LogP) is 3.20. The molecule has 1 amide bonds. The van der Waals surface area contributed by atoms with Gasteiger partial charge in [-0.2, -0.15) is 0 Å². The first-order chi connectivity index (χ1) is 12.2. The van der Waals surface area contributed by atoms with E-state index in [1.54, 1.807) is 6.07 Å². The number of piperidine rings is 3. The summed E-state index contributed by atoms with van der Waals surface area (Å²) >= 11 is 0. The molecule has 3 aliphatic rings. The van der Waals surface area contributed by atoms with Gasteiger partial charge in [0.1, 0.15) is 5.76 Å². The molecule has 2 N–H and O–H groups in total. The van der Waals surface area contributed by atoms with E-state index < -0.39 is 0 Å². The van der Waals surface area contributed by atoms with E-state index in [0.717, 1.165) is 24.3 Å². The van der Waals surface area contributed by atoms with E-state index in [4.69, 9.17) is 4.42 Å². The molecular weight excluding hydrogens is 314 g/mol. The van der Waals surface area contributed by atoms with Crippen molar-refractivity contribution in [1.82, 2.24) is 10.2 Å². The summed E-state index contributed by atoms with van der Waals surface area (Å²) in [6.45, 7) is 4.53. The monoisotopic (exact) mass is 339 g/mol. The van der Waals surface area contributed by atoms with E-state index in [9.17, 15) is 4.79 Å². The van der Waals surface area contributed by atoms with Crippen molar-refractivity contribution in [2.75, 3.05) is 25.5 Å². The van der Waals surface area contributed by atoms with Gasteiger partial charge in [0.15, 0.2) is 5.76 Å². The SMILES string of the molecule is CNc1ccccc1-c1ccc(C(=O)N[C@@H]2C3CCN(CC3)[C@@H]2C)o1. The maximum Gasteiger partial charge on any atom is 0.287 e. The normalized spacial score (nSPS) is 27.9. The van der Waals surface area contributed by atoms with Gasteiger partial charge >= 0.3 is 0 Å². The highest BCUT2D eigenvalue weighted by Gasteiger charge is 2.40. The Labute approximate surface area is 148 Å². The molecule has 25 heavy (non-hydrogen) atoms. The Morgan fingerprint density at radius 3 is 2.64 bits per heavy atom. The van der Waals surface area contributed by atoms with Crippen LogP contribution in [-0.4, -0.2) is 43.0 Å². The Morgan fingerprint density at radius 1 is 1.16 bits per heavy atom. The Bertz CT molecular complexity index is 760. The number of hydrogen-bond donors (Lipinski definition) is 2. The van der Waals surface area contributed by atoms with Gasteiger partial charge in [-0.3, -0.25) is 9.69 Å². The average Bonchev–Trinajstić information content (AvgIpc) is 3.15. The number of fused-ring (bicyclic) bond motifs is 3. The Hall–Kier alpha value is -2.27. The fraction of sp³-hybridized carbons (Fsp3) is 0.450. The molecule has 0 radical (unpaired) electrons. The minimum absolute atomic E-state index is 0.112. The lowest BCUT2D eigenvalue weighted by molar-refractivity contribution is 0.0211. The molecule has 0 aliphatic carbocycles. The van der Waals surface area contributed by atoms with E-state index in [2.05, 4.69) is 22.5 Å². The summed E-state index contributed by atoms with van der Waals surface area (Å²) in [7, 11) is 1.88. The van der Waals surface area contributed by atoms with Gasteiger partial charge in [0.2, 0.25) is 0 Å². The van der Waals surface area contributed by atoms with Crippen molar-refractivity contribution in [3.63, 3.8) is 0 Å². The first kappa shape index (κ1) is 16.2. The maximum atomic E-state index is 12.7. The molecule has 3 saturated heterocycles. The minimum atomic E-state index is -0.112. The lowest BCUT2D eigenvalue weighted by Gasteiger charge is -2.49. The second-order valence-electron chi connectivity index (χ2n) is 7.07. The molecule has 0 spiro atoms. The molecule has 3 aliphatic heterocycles. The molecule has 132 valence electrons. The molecule has 5 nitrogen and oxygen atoms in total. The maximum absolute atomic E-state index is 12.7. The largest absolute Gasteiger partial charge is 0.451 e. The Balaban J connectivity index is 1.51. The van der Waals surface area contributed by atoms with Crippen molar-refractivity contribution in [3.05, 3.63) is 42.2 Å². The van der Waals surface area contributed by atoms with Crippen molar-refractivity contribution in [2.24, 2.45) is 5.92 Å². The van der Waals surface area contributed by atoms with Crippen LogP contribution in [0.3, 0.4) is 0 Å². The molecule has 2 atom stereocenters. The van der Waals surface area contributed by atoms with E-state index in [1.807, 2.05) is 37.4 Å². The number of anilines is 1. The minimum Gasteiger partial charge on any atom is -0.451 e. The number of carbonyl (C=O) groups is 1. The Morgan fingerprint density at radius 2 is 1.92 bits per heavy atom. The van der Waals surface area contributed by atoms with Gasteiger partial charge in [-0.05, 0) is 63.0 Å². The number of amides is 1. The van der Waals surface area contributed by atoms with Gasteiger partial charge in [-0.25, -0.2) is 0 Å². The summed E-state index contributed by atoms with van der Waals surface area (Å²) in [6, 6.07) is 12.2. The van der Waals surface area contributed by atoms with Crippen LogP contribution in [-0.2, 0) is 0 Å². The third-order valence-electron chi connectivity index (χ3n) is 5.77. The molecular formula is C20H25N3O2. The predicted molar refractivity (Wildman–Crippen MR) is 98.7 cm³/mol. The van der Waals surface area contributed by atoms with E-state index in [1.165, 1.54) is 12.8 Å². The van der Waals surface area contributed by atoms with Crippen molar-refractivity contribution < 1.29 is 9.21 Å². The zero-order valence-corrected chi connectivity index (χ0v) is 14.8. The van der Waals surface area contributed by atoms with E-state index in [-0.39, 0.29) is 11.9 Å².